The number of nitrogen functional groups attached to an aromatic ring is 1. The Morgan fingerprint density at radius 3 is 2.71 bits per heavy atom. The van der Waals surface area contributed by atoms with Crippen LogP contribution in [-0.2, 0) is 17.1 Å². The molecule has 0 aliphatic carbocycles. The first-order valence-corrected chi connectivity index (χ1v) is 6.34. The minimum absolute atomic E-state index is 0.0972. The number of nitrogens with two attached hydrogens (primary N) is 1. The van der Waals surface area contributed by atoms with Gasteiger partial charge in [-0.15, -0.1) is 0 Å². The van der Waals surface area contributed by atoms with Crippen LogP contribution in [0.5, 0.6) is 0 Å². The molecule has 1 heterocycles. The fourth-order valence-electron chi connectivity index (χ4n) is 1.43. The molecule has 0 fully saturated rings. The summed E-state index contributed by atoms with van der Waals surface area (Å²) >= 11 is 0. The van der Waals surface area contributed by atoms with Gasteiger partial charge in [-0.2, -0.15) is 13.5 Å². The van der Waals surface area contributed by atoms with Crippen LogP contribution in [0.2, 0.25) is 0 Å². The number of hydrogen-bond acceptors (Lipinski definition) is 4. The number of rotatable bonds is 3. The molecule has 1 aromatic heterocycles. The van der Waals surface area contributed by atoms with E-state index in [1.165, 1.54) is 16.9 Å². The molecule has 0 saturated carbocycles. The highest BCUT2D eigenvalue weighted by molar-refractivity contribution is 7.92. The maximum atomic E-state index is 12.0. The Hall–Kier alpha value is -2.02. The Labute approximate surface area is 99.1 Å². The van der Waals surface area contributed by atoms with Gasteiger partial charge >= 0.3 is 0 Å². The van der Waals surface area contributed by atoms with E-state index in [9.17, 15) is 8.42 Å². The van der Waals surface area contributed by atoms with Gasteiger partial charge in [-0.1, -0.05) is 6.07 Å². The standard InChI is InChI=1S/C10H12N4O2S/c1-14-10(5-6-12-14)17(15,16)13-9-4-2-3-8(11)7-9/h2-7,13H,11H2,1H3. The predicted molar refractivity (Wildman–Crippen MR) is 64.9 cm³/mol. The van der Waals surface area contributed by atoms with E-state index in [2.05, 4.69) is 9.82 Å². The largest absolute Gasteiger partial charge is 0.399 e. The van der Waals surface area contributed by atoms with Crippen molar-refractivity contribution in [1.82, 2.24) is 9.78 Å². The highest BCUT2D eigenvalue weighted by Gasteiger charge is 2.17. The highest BCUT2D eigenvalue weighted by atomic mass is 32.2. The molecule has 0 radical (unpaired) electrons. The van der Waals surface area contributed by atoms with Crippen LogP contribution >= 0.6 is 0 Å². The lowest BCUT2D eigenvalue weighted by molar-refractivity contribution is 0.582. The second kappa shape index (κ2) is 4.10. The molecule has 0 aliphatic heterocycles. The Balaban J connectivity index is 2.33. The van der Waals surface area contributed by atoms with E-state index in [1.807, 2.05) is 0 Å². The van der Waals surface area contributed by atoms with Crippen LogP contribution in [0.1, 0.15) is 0 Å². The Kier molecular flexibility index (Phi) is 2.76. The average Bonchev–Trinajstić information content (AvgIpc) is 2.64. The van der Waals surface area contributed by atoms with Gasteiger partial charge in [-0.25, -0.2) is 0 Å². The Morgan fingerprint density at radius 1 is 1.35 bits per heavy atom. The maximum Gasteiger partial charge on any atom is 0.279 e. The summed E-state index contributed by atoms with van der Waals surface area (Å²) in [6.07, 6.45) is 1.42. The minimum Gasteiger partial charge on any atom is -0.399 e. The maximum absolute atomic E-state index is 12.0. The summed E-state index contributed by atoms with van der Waals surface area (Å²) in [4.78, 5) is 0. The molecular weight excluding hydrogens is 240 g/mol. The summed E-state index contributed by atoms with van der Waals surface area (Å²) < 4.78 is 27.7. The third kappa shape index (κ3) is 2.39. The van der Waals surface area contributed by atoms with Gasteiger partial charge in [0.25, 0.3) is 10.0 Å². The quantitative estimate of drug-likeness (QED) is 0.791. The summed E-state index contributed by atoms with van der Waals surface area (Å²) in [5.74, 6) is 0. The molecule has 0 spiro atoms. The summed E-state index contributed by atoms with van der Waals surface area (Å²) in [5.41, 5.74) is 6.49. The number of aromatic nitrogens is 2. The van der Waals surface area contributed by atoms with Crippen LogP contribution in [0.15, 0.2) is 41.6 Å². The van der Waals surface area contributed by atoms with Crippen LogP contribution in [0, 0.1) is 0 Å². The van der Waals surface area contributed by atoms with Crippen molar-refractivity contribution in [3.05, 3.63) is 36.5 Å². The monoisotopic (exact) mass is 252 g/mol. The van der Waals surface area contributed by atoms with E-state index in [4.69, 9.17) is 5.73 Å². The third-order valence-electron chi connectivity index (χ3n) is 2.19. The van der Waals surface area contributed by atoms with Crippen molar-refractivity contribution in [3.8, 4) is 0 Å². The van der Waals surface area contributed by atoms with Crippen LogP contribution in [0.25, 0.3) is 0 Å². The average molecular weight is 252 g/mol. The first-order valence-electron chi connectivity index (χ1n) is 4.85. The molecule has 0 aliphatic rings. The number of sulfonamides is 1. The molecule has 0 amide bonds. The SMILES string of the molecule is Cn1nccc1S(=O)(=O)Nc1cccc(N)c1. The van der Waals surface area contributed by atoms with Crippen LogP contribution in [0.3, 0.4) is 0 Å². The summed E-state index contributed by atoms with van der Waals surface area (Å²) in [5, 5.41) is 3.91. The van der Waals surface area contributed by atoms with Crippen molar-refractivity contribution in [1.29, 1.82) is 0 Å². The Morgan fingerprint density at radius 2 is 2.12 bits per heavy atom. The van der Waals surface area contributed by atoms with Crippen molar-refractivity contribution >= 4 is 21.4 Å². The molecule has 2 rings (SSSR count). The Bertz CT molecular complexity index is 633. The van der Waals surface area contributed by atoms with Crippen LogP contribution in [-0.4, -0.2) is 18.2 Å². The number of aryl methyl sites for hydroxylation is 1. The van der Waals surface area contributed by atoms with Crippen molar-refractivity contribution in [2.45, 2.75) is 5.03 Å². The molecule has 6 nitrogen and oxygen atoms in total. The second-order valence-corrected chi connectivity index (χ2v) is 5.15. The summed E-state index contributed by atoms with van der Waals surface area (Å²) in [6, 6.07) is 7.96. The minimum atomic E-state index is -3.62. The third-order valence-corrected chi connectivity index (χ3v) is 3.65. The first kappa shape index (κ1) is 11.5. The van der Waals surface area contributed by atoms with Crippen molar-refractivity contribution in [2.24, 2.45) is 7.05 Å². The number of anilines is 2. The van der Waals surface area contributed by atoms with Crippen molar-refractivity contribution in [2.75, 3.05) is 10.5 Å². The zero-order chi connectivity index (χ0) is 12.5. The number of nitrogens with zero attached hydrogens (tertiary/aromatic N) is 2. The topological polar surface area (TPSA) is 90.0 Å². The molecule has 0 atom stereocenters. The normalized spacial score (nSPS) is 11.4. The molecule has 3 N–H and O–H groups in total. The summed E-state index contributed by atoms with van der Waals surface area (Å²) in [7, 11) is -2.06. The molecule has 2 aromatic rings. The fraction of sp³-hybridized carbons (Fsp3) is 0.100. The number of hydrogen-bond donors (Lipinski definition) is 2. The highest BCUT2D eigenvalue weighted by Crippen LogP contribution is 2.17. The lowest BCUT2D eigenvalue weighted by atomic mass is 10.3. The lowest BCUT2D eigenvalue weighted by Crippen LogP contribution is -2.16. The number of benzene rings is 1. The fourth-order valence-corrected chi connectivity index (χ4v) is 2.61. The molecule has 0 unspecified atom stereocenters. The lowest BCUT2D eigenvalue weighted by Gasteiger charge is -2.08. The van der Waals surface area contributed by atoms with Gasteiger partial charge in [0.05, 0.1) is 11.9 Å². The van der Waals surface area contributed by atoms with Gasteiger partial charge in [0.15, 0.2) is 5.03 Å². The van der Waals surface area contributed by atoms with Gasteiger partial charge in [0.1, 0.15) is 0 Å². The van der Waals surface area contributed by atoms with Gasteiger partial charge in [-0.3, -0.25) is 9.40 Å². The van der Waals surface area contributed by atoms with Crippen LogP contribution < -0.4 is 10.5 Å². The molecule has 1 aromatic carbocycles. The van der Waals surface area contributed by atoms with E-state index in [0.717, 1.165) is 0 Å². The van der Waals surface area contributed by atoms with Crippen molar-refractivity contribution in [3.63, 3.8) is 0 Å². The molecule has 17 heavy (non-hydrogen) atoms. The zero-order valence-corrected chi connectivity index (χ0v) is 9.98. The van der Waals surface area contributed by atoms with E-state index >= 15 is 0 Å². The van der Waals surface area contributed by atoms with Gasteiger partial charge in [0, 0.05) is 12.7 Å². The van der Waals surface area contributed by atoms with Gasteiger partial charge in [0.2, 0.25) is 0 Å². The van der Waals surface area contributed by atoms with Gasteiger partial charge in [-0.05, 0) is 24.3 Å². The smallest absolute Gasteiger partial charge is 0.279 e. The first-order chi connectivity index (χ1) is 7.99. The van der Waals surface area contributed by atoms with Gasteiger partial charge < -0.3 is 5.73 Å². The van der Waals surface area contributed by atoms with E-state index in [-0.39, 0.29) is 5.03 Å². The second-order valence-electron chi connectivity index (χ2n) is 3.52. The molecule has 0 bridgehead atoms. The zero-order valence-electron chi connectivity index (χ0n) is 9.16. The van der Waals surface area contributed by atoms with E-state index in [0.29, 0.717) is 11.4 Å². The summed E-state index contributed by atoms with van der Waals surface area (Å²) in [6.45, 7) is 0. The number of nitrogens with one attached hydrogen (secondary N) is 1. The van der Waals surface area contributed by atoms with E-state index < -0.39 is 10.0 Å². The molecule has 0 saturated heterocycles. The predicted octanol–water partition coefficient (Wildman–Crippen LogP) is 0.803. The van der Waals surface area contributed by atoms with Crippen molar-refractivity contribution < 1.29 is 8.42 Å². The molecular formula is C10H12N4O2S. The molecule has 90 valence electrons. The van der Waals surface area contributed by atoms with E-state index in [1.54, 1.807) is 31.3 Å². The van der Waals surface area contributed by atoms with Crippen LogP contribution in [0.4, 0.5) is 11.4 Å². The molecule has 7 heteroatoms.